The molecular weight excluding hydrogens is 463 g/mol. The molecule has 2 aromatic carbocycles. The maximum absolute atomic E-state index is 14.6. The van der Waals surface area contributed by atoms with Gasteiger partial charge in [0.1, 0.15) is 5.56 Å². The third-order valence-electron chi connectivity index (χ3n) is 5.63. The minimum absolute atomic E-state index is 0.0209. The number of nitrogens with two attached hydrogens (primary N) is 1. The monoisotopic (exact) mass is 486 g/mol. The number of hydrogen-bond acceptors (Lipinski definition) is 6. The molecule has 0 fully saturated rings. The number of rotatable bonds is 8. The summed E-state index contributed by atoms with van der Waals surface area (Å²) < 4.78 is 22.7. The number of nitriles is 1. The Hall–Kier alpha value is -4.91. The summed E-state index contributed by atoms with van der Waals surface area (Å²) in [6.45, 7) is 0.605. The van der Waals surface area contributed by atoms with Crippen molar-refractivity contribution in [3.63, 3.8) is 0 Å². The van der Waals surface area contributed by atoms with Crippen LogP contribution in [0.3, 0.4) is 0 Å². The largest absolute Gasteiger partial charge is 0.494 e. The minimum atomic E-state index is -0.707. The molecule has 10 heteroatoms. The molecule has 4 aromatic rings. The van der Waals surface area contributed by atoms with Crippen molar-refractivity contribution >= 4 is 11.7 Å². The van der Waals surface area contributed by atoms with Crippen LogP contribution in [0.4, 0.5) is 10.2 Å². The number of carbonyl (C=O) groups excluding carboxylic acids is 1. The molecule has 3 N–H and O–H groups in total. The predicted molar refractivity (Wildman–Crippen MR) is 131 cm³/mol. The SMILES string of the molecule is COc1ccc(C#N)c(CNC(=O)c2cn(Cc3ccc(Cn4ccccc4=O)cc3)nc2N)c1F. The van der Waals surface area contributed by atoms with Crippen molar-refractivity contribution in [1.29, 1.82) is 5.26 Å². The van der Waals surface area contributed by atoms with E-state index < -0.39 is 11.7 Å². The number of nitrogen functional groups attached to an aromatic ring is 1. The molecule has 0 unspecified atom stereocenters. The molecule has 36 heavy (non-hydrogen) atoms. The molecule has 0 saturated carbocycles. The Morgan fingerprint density at radius 3 is 2.53 bits per heavy atom. The number of hydrogen-bond donors (Lipinski definition) is 2. The van der Waals surface area contributed by atoms with Crippen molar-refractivity contribution in [1.82, 2.24) is 19.7 Å². The standard InChI is InChI=1S/C26H23FN6O3/c1-36-22-10-9-19(12-28)20(24(22)27)13-30-26(35)21-16-33(31-25(21)29)15-18-7-5-17(6-8-18)14-32-11-3-2-4-23(32)34/h2-11,16H,13-15H2,1H3,(H2,29,31)(H,30,35). The summed E-state index contributed by atoms with van der Waals surface area (Å²) in [5, 5.41) is 16.1. The van der Waals surface area contributed by atoms with Crippen molar-refractivity contribution in [2.45, 2.75) is 19.6 Å². The number of nitrogens with zero attached hydrogens (tertiary/aromatic N) is 4. The van der Waals surface area contributed by atoms with Crippen molar-refractivity contribution in [2.75, 3.05) is 12.8 Å². The summed E-state index contributed by atoms with van der Waals surface area (Å²) in [6.07, 6.45) is 3.24. The average molecular weight is 487 g/mol. The van der Waals surface area contributed by atoms with E-state index in [0.29, 0.717) is 13.1 Å². The number of methoxy groups -OCH3 is 1. The van der Waals surface area contributed by atoms with Gasteiger partial charge in [-0.15, -0.1) is 0 Å². The van der Waals surface area contributed by atoms with E-state index in [2.05, 4.69) is 10.4 Å². The Morgan fingerprint density at radius 1 is 1.14 bits per heavy atom. The van der Waals surface area contributed by atoms with Gasteiger partial charge in [-0.1, -0.05) is 30.3 Å². The van der Waals surface area contributed by atoms with Crippen LogP contribution in [0.2, 0.25) is 0 Å². The molecule has 0 atom stereocenters. The lowest BCUT2D eigenvalue weighted by Gasteiger charge is -2.10. The number of carbonyl (C=O) groups is 1. The summed E-state index contributed by atoms with van der Waals surface area (Å²) in [4.78, 5) is 24.6. The van der Waals surface area contributed by atoms with Crippen molar-refractivity contribution in [2.24, 2.45) is 0 Å². The molecule has 1 amide bonds. The third-order valence-corrected chi connectivity index (χ3v) is 5.63. The van der Waals surface area contributed by atoms with Crippen LogP contribution in [0.1, 0.15) is 32.6 Å². The molecule has 4 rings (SSSR count). The fourth-order valence-corrected chi connectivity index (χ4v) is 3.72. The van der Waals surface area contributed by atoms with Crippen LogP contribution in [-0.4, -0.2) is 27.4 Å². The van der Waals surface area contributed by atoms with E-state index in [4.69, 9.17) is 10.5 Å². The maximum Gasteiger partial charge on any atom is 0.256 e. The molecule has 0 aliphatic carbocycles. The van der Waals surface area contributed by atoms with Crippen LogP contribution in [0.25, 0.3) is 0 Å². The summed E-state index contributed by atoms with van der Waals surface area (Å²) in [5.41, 5.74) is 8.02. The Bertz CT molecular complexity index is 1500. The Balaban J connectivity index is 1.42. The maximum atomic E-state index is 14.6. The van der Waals surface area contributed by atoms with Gasteiger partial charge in [0.15, 0.2) is 17.4 Å². The lowest BCUT2D eigenvalue weighted by atomic mass is 10.1. The average Bonchev–Trinajstić information content (AvgIpc) is 3.25. The summed E-state index contributed by atoms with van der Waals surface area (Å²) >= 11 is 0. The van der Waals surface area contributed by atoms with Gasteiger partial charge >= 0.3 is 0 Å². The van der Waals surface area contributed by atoms with Gasteiger partial charge < -0.3 is 20.4 Å². The number of pyridine rings is 1. The van der Waals surface area contributed by atoms with Gasteiger partial charge in [-0.2, -0.15) is 10.4 Å². The zero-order chi connectivity index (χ0) is 25.7. The van der Waals surface area contributed by atoms with Gasteiger partial charge in [0, 0.05) is 30.6 Å². The zero-order valence-electron chi connectivity index (χ0n) is 19.4. The van der Waals surface area contributed by atoms with Gasteiger partial charge in [-0.05, 0) is 29.3 Å². The van der Waals surface area contributed by atoms with E-state index in [9.17, 15) is 19.2 Å². The van der Waals surface area contributed by atoms with Crippen LogP contribution in [0.15, 0.2) is 71.8 Å². The molecular formula is C26H23FN6O3. The van der Waals surface area contributed by atoms with Gasteiger partial charge in [-0.3, -0.25) is 14.3 Å². The molecule has 0 saturated heterocycles. The van der Waals surface area contributed by atoms with Crippen molar-refractivity contribution < 1.29 is 13.9 Å². The van der Waals surface area contributed by atoms with Gasteiger partial charge in [0.25, 0.3) is 11.5 Å². The highest BCUT2D eigenvalue weighted by Gasteiger charge is 2.18. The summed E-state index contributed by atoms with van der Waals surface area (Å²) in [6, 6.07) is 17.4. The predicted octanol–water partition coefficient (Wildman–Crippen LogP) is 2.67. The number of benzene rings is 2. The topological polar surface area (TPSA) is 128 Å². The van der Waals surface area contributed by atoms with E-state index in [1.807, 2.05) is 30.3 Å². The number of nitrogens with one attached hydrogen (secondary N) is 1. The molecule has 0 aliphatic rings. The van der Waals surface area contributed by atoms with Gasteiger partial charge in [0.2, 0.25) is 0 Å². The first kappa shape index (κ1) is 24.2. The second-order valence-corrected chi connectivity index (χ2v) is 8.01. The number of halogens is 1. The Kier molecular flexibility index (Phi) is 7.11. The van der Waals surface area contributed by atoms with Gasteiger partial charge in [-0.25, -0.2) is 4.39 Å². The highest BCUT2D eigenvalue weighted by molar-refractivity contribution is 5.98. The molecule has 9 nitrogen and oxygen atoms in total. The van der Waals surface area contributed by atoms with Crippen LogP contribution >= 0.6 is 0 Å². The highest BCUT2D eigenvalue weighted by atomic mass is 19.1. The zero-order valence-corrected chi connectivity index (χ0v) is 19.4. The van der Waals surface area contributed by atoms with E-state index in [0.717, 1.165) is 11.1 Å². The van der Waals surface area contributed by atoms with E-state index in [1.54, 1.807) is 22.9 Å². The molecule has 0 radical (unpaired) electrons. The molecule has 2 aromatic heterocycles. The van der Waals surface area contributed by atoms with E-state index in [-0.39, 0.29) is 40.4 Å². The normalized spacial score (nSPS) is 10.6. The highest BCUT2D eigenvalue weighted by Crippen LogP contribution is 2.23. The quantitative estimate of drug-likeness (QED) is 0.394. The van der Waals surface area contributed by atoms with Gasteiger partial charge in [0.05, 0.1) is 31.8 Å². The lowest BCUT2D eigenvalue weighted by molar-refractivity contribution is 0.0951. The minimum Gasteiger partial charge on any atom is -0.494 e. The van der Waals surface area contributed by atoms with Crippen LogP contribution in [0, 0.1) is 17.1 Å². The molecule has 0 bridgehead atoms. The third kappa shape index (κ3) is 5.26. The number of ether oxygens (including phenoxy) is 1. The lowest BCUT2D eigenvalue weighted by Crippen LogP contribution is -2.24. The van der Waals surface area contributed by atoms with Crippen LogP contribution in [-0.2, 0) is 19.6 Å². The second kappa shape index (κ2) is 10.6. The first-order valence-corrected chi connectivity index (χ1v) is 11.0. The molecule has 0 spiro atoms. The van der Waals surface area contributed by atoms with E-state index >= 15 is 0 Å². The molecule has 182 valence electrons. The Labute approximate surface area is 206 Å². The number of anilines is 1. The second-order valence-electron chi connectivity index (χ2n) is 8.01. The Morgan fingerprint density at radius 2 is 1.86 bits per heavy atom. The van der Waals surface area contributed by atoms with E-state index in [1.165, 1.54) is 36.2 Å². The summed E-state index contributed by atoms with van der Waals surface area (Å²) in [7, 11) is 1.32. The molecule has 0 aliphatic heterocycles. The first-order valence-electron chi connectivity index (χ1n) is 11.0. The fraction of sp³-hybridized carbons (Fsp3) is 0.154. The summed E-state index contributed by atoms with van der Waals surface area (Å²) in [5.74, 6) is -1.25. The smallest absolute Gasteiger partial charge is 0.256 e. The van der Waals surface area contributed by atoms with Crippen molar-refractivity contribution in [3.8, 4) is 11.8 Å². The molecule has 2 heterocycles. The first-order chi connectivity index (χ1) is 17.4. The van der Waals surface area contributed by atoms with Crippen LogP contribution in [0.5, 0.6) is 5.75 Å². The number of aromatic nitrogens is 3. The number of amides is 1. The fourth-order valence-electron chi connectivity index (χ4n) is 3.72. The van der Waals surface area contributed by atoms with Crippen molar-refractivity contribution in [3.05, 3.63) is 111 Å². The van der Waals surface area contributed by atoms with Crippen LogP contribution < -0.4 is 21.3 Å².